The molecular weight excluding hydrogens is 346 g/mol. The zero-order valence-electron chi connectivity index (χ0n) is 14.5. The summed E-state index contributed by atoms with van der Waals surface area (Å²) in [5, 5.41) is 6.96. The number of hydrogen-bond donors (Lipinski definition) is 3. The molecule has 2 aromatic carbocycles. The van der Waals surface area contributed by atoms with Crippen LogP contribution in [0.25, 0.3) is 10.9 Å². The Morgan fingerprint density at radius 1 is 0.926 bits per heavy atom. The number of aromatic amines is 1. The summed E-state index contributed by atoms with van der Waals surface area (Å²) >= 11 is 0. The third-order valence-corrected chi connectivity index (χ3v) is 4.38. The molecule has 0 saturated heterocycles. The third-order valence-electron chi connectivity index (χ3n) is 4.38. The van der Waals surface area contributed by atoms with Crippen LogP contribution in [0.15, 0.2) is 67.1 Å². The van der Waals surface area contributed by atoms with E-state index in [0.717, 1.165) is 16.5 Å². The average Bonchev–Trinajstić information content (AvgIpc) is 3.08. The quantitative estimate of drug-likeness (QED) is 0.439. The van der Waals surface area contributed by atoms with Gasteiger partial charge in [0.25, 0.3) is 0 Å². The normalized spacial score (nSPS) is 10.9. The molecule has 27 heavy (non-hydrogen) atoms. The highest BCUT2D eigenvalue weighted by Gasteiger charge is 2.12. The smallest absolute Gasteiger partial charge is 0.151 e. The summed E-state index contributed by atoms with van der Waals surface area (Å²) in [6.07, 6.45) is 5.80. The highest BCUT2D eigenvalue weighted by molar-refractivity contribution is 5.83. The molecule has 0 unspecified atom stereocenters. The standard InChI is InChI=1S/C21H18F2N4/c22-18-11-16(27-15-6-8-24-9-7-15)12-19(23)21(18)25-10-5-14-13-26-20-4-2-1-3-17(14)20/h1-4,6-9,11-13,25-26H,5,10H2,(H,24,27). The van der Waals surface area contributed by atoms with E-state index in [2.05, 4.69) is 20.6 Å². The van der Waals surface area contributed by atoms with Gasteiger partial charge in [-0.1, -0.05) is 18.2 Å². The van der Waals surface area contributed by atoms with Gasteiger partial charge in [0, 0.05) is 47.4 Å². The highest BCUT2D eigenvalue weighted by atomic mass is 19.1. The van der Waals surface area contributed by atoms with Gasteiger partial charge in [0.15, 0.2) is 11.6 Å². The molecule has 2 aromatic heterocycles. The first-order valence-corrected chi connectivity index (χ1v) is 8.65. The molecule has 0 fully saturated rings. The second kappa shape index (κ2) is 7.45. The monoisotopic (exact) mass is 364 g/mol. The van der Waals surface area contributed by atoms with E-state index in [1.807, 2.05) is 30.5 Å². The minimum atomic E-state index is -0.634. The van der Waals surface area contributed by atoms with Crippen molar-refractivity contribution < 1.29 is 8.78 Å². The van der Waals surface area contributed by atoms with Gasteiger partial charge in [-0.15, -0.1) is 0 Å². The van der Waals surface area contributed by atoms with Crippen molar-refractivity contribution in [2.24, 2.45) is 0 Å². The lowest BCUT2D eigenvalue weighted by Crippen LogP contribution is -2.08. The SMILES string of the molecule is Fc1cc(Nc2ccncc2)cc(F)c1NCCc1c[nH]c2ccccc12. The van der Waals surface area contributed by atoms with Crippen molar-refractivity contribution in [1.82, 2.24) is 9.97 Å². The Morgan fingerprint density at radius 3 is 2.44 bits per heavy atom. The number of benzene rings is 2. The van der Waals surface area contributed by atoms with Gasteiger partial charge >= 0.3 is 0 Å². The van der Waals surface area contributed by atoms with E-state index in [0.29, 0.717) is 24.3 Å². The molecule has 0 aliphatic carbocycles. The van der Waals surface area contributed by atoms with Crippen LogP contribution in [-0.4, -0.2) is 16.5 Å². The zero-order valence-corrected chi connectivity index (χ0v) is 14.5. The molecule has 3 N–H and O–H groups in total. The Balaban J connectivity index is 1.44. The minimum absolute atomic E-state index is 0.116. The number of anilines is 3. The van der Waals surface area contributed by atoms with Crippen LogP contribution in [0.5, 0.6) is 0 Å². The van der Waals surface area contributed by atoms with Crippen molar-refractivity contribution in [2.75, 3.05) is 17.2 Å². The molecule has 4 nitrogen and oxygen atoms in total. The Hall–Kier alpha value is -3.41. The second-order valence-electron chi connectivity index (χ2n) is 6.21. The van der Waals surface area contributed by atoms with Gasteiger partial charge in [-0.05, 0) is 42.3 Å². The van der Waals surface area contributed by atoms with Gasteiger partial charge < -0.3 is 15.6 Å². The Kier molecular flexibility index (Phi) is 4.70. The molecule has 0 aliphatic heterocycles. The van der Waals surface area contributed by atoms with E-state index in [-0.39, 0.29) is 5.69 Å². The van der Waals surface area contributed by atoms with E-state index in [4.69, 9.17) is 0 Å². The van der Waals surface area contributed by atoms with Crippen LogP contribution in [0.4, 0.5) is 25.8 Å². The van der Waals surface area contributed by atoms with Crippen molar-refractivity contribution in [2.45, 2.75) is 6.42 Å². The molecular formula is C21H18F2N4. The summed E-state index contributed by atoms with van der Waals surface area (Å²) in [5.74, 6) is -1.27. The topological polar surface area (TPSA) is 52.7 Å². The number of pyridine rings is 1. The fourth-order valence-corrected chi connectivity index (χ4v) is 3.08. The predicted molar refractivity (Wildman–Crippen MR) is 104 cm³/mol. The van der Waals surface area contributed by atoms with Crippen LogP contribution in [0.1, 0.15) is 5.56 Å². The minimum Gasteiger partial charge on any atom is -0.380 e. The summed E-state index contributed by atoms with van der Waals surface area (Å²) < 4.78 is 28.7. The molecule has 4 aromatic rings. The summed E-state index contributed by atoms with van der Waals surface area (Å²) in [6, 6.07) is 14.0. The Morgan fingerprint density at radius 2 is 1.67 bits per heavy atom. The lowest BCUT2D eigenvalue weighted by atomic mass is 10.1. The number of halogens is 2. The van der Waals surface area contributed by atoms with Gasteiger partial charge in [0.1, 0.15) is 5.69 Å². The van der Waals surface area contributed by atoms with Crippen molar-refractivity contribution in [3.05, 3.63) is 84.3 Å². The lowest BCUT2D eigenvalue weighted by molar-refractivity contribution is 0.589. The summed E-state index contributed by atoms with van der Waals surface area (Å²) in [5.41, 5.74) is 3.10. The third kappa shape index (κ3) is 3.74. The number of H-pyrrole nitrogens is 1. The van der Waals surface area contributed by atoms with Crippen LogP contribution in [-0.2, 0) is 6.42 Å². The second-order valence-corrected chi connectivity index (χ2v) is 6.21. The summed E-state index contributed by atoms with van der Waals surface area (Å²) in [6.45, 7) is 0.423. The molecule has 0 spiro atoms. The Bertz CT molecular complexity index is 1040. The van der Waals surface area contributed by atoms with Crippen LogP contribution in [0, 0.1) is 11.6 Å². The lowest BCUT2D eigenvalue weighted by Gasteiger charge is -2.12. The van der Waals surface area contributed by atoms with Gasteiger partial charge in [-0.25, -0.2) is 8.78 Å². The van der Waals surface area contributed by atoms with Crippen molar-refractivity contribution in [3.8, 4) is 0 Å². The first-order chi connectivity index (χ1) is 13.2. The number of para-hydroxylation sites is 1. The van der Waals surface area contributed by atoms with Gasteiger partial charge in [-0.2, -0.15) is 0 Å². The molecule has 4 rings (SSSR count). The number of nitrogens with zero attached hydrogens (tertiary/aromatic N) is 1. The number of rotatable bonds is 6. The van der Waals surface area contributed by atoms with E-state index in [1.54, 1.807) is 24.5 Å². The van der Waals surface area contributed by atoms with Gasteiger partial charge in [-0.3, -0.25) is 4.98 Å². The molecule has 0 amide bonds. The number of nitrogens with one attached hydrogen (secondary N) is 3. The fraction of sp³-hybridized carbons (Fsp3) is 0.0952. The van der Waals surface area contributed by atoms with Crippen LogP contribution >= 0.6 is 0 Å². The number of fused-ring (bicyclic) bond motifs is 1. The summed E-state index contributed by atoms with van der Waals surface area (Å²) in [4.78, 5) is 7.11. The molecule has 0 atom stereocenters. The van der Waals surface area contributed by atoms with Crippen molar-refractivity contribution >= 4 is 28.0 Å². The van der Waals surface area contributed by atoms with Crippen LogP contribution in [0.3, 0.4) is 0 Å². The van der Waals surface area contributed by atoms with E-state index in [1.165, 1.54) is 12.1 Å². The molecule has 0 radical (unpaired) electrons. The average molecular weight is 364 g/mol. The molecule has 136 valence electrons. The van der Waals surface area contributed by atoms with Crippen molar-refractivity contribution in [3.63, 3.8) is 0 Å². The molecule has 0 aliphatic rings. The van der Waals surface area contributed by atoms with Crippen molar-refractivity contribution in [1.29, 1.82) is 0 Å². The molecule has 6 heteroatoms. The van der Waals surface area contributed by atoms with Gasteiger partial charge in [0.05, 0.1) is 0 Å². The first-order valence-electron chi connectivity index (χ1n) is 8.65. The van der Waals surface area contributed by atoms with Gasteiger partial charge in [0.2, 0.25) is 0 Å². The zero-order chi connectivity index (χ0) is 18.6. The fourth-order valence-electron chi connectivity index (χ4n) is 3.08. The number of hydrogen-bond acceptors (Lipinski definition) is 3. The molecule has 2 heterocycles. The molecule has 0 bridgehead atoms. The highest BCUT2D eigenvalue weighted by Crippen LogP contribution is 2.26. The largest absolute Gasteiger partial charge is 0.380 e. The summed E-state index contributed by atoms with van der Waals surface area (Å²) in [7, 11) is 0. The maximum atomic E-state index is 14.4. The van der Waals surface area contributed by atoms with Crippen LogP contribution < -0.4 is 10.6 Å². The predicted octanol–water partition coefficient (Wildman–Crippen LogP) is 5.24. The molecule has 0 saturated carbocycles. The Labute approximate surface area is 155 Å². The van der Waals surface area contributed by atoms with E-state index in [9.17, 15) is 8.78 Å². The number of aromatic nitrogens is 2. The maximum Gasteiger partial charge on any atom is 0.151 e. The van der Waals surface area contributed by atoms with Crippen LogP contribution in [0.2, 0.25) is 0 Å². The first kappa shape index (κ1) is 17.0. The van der Waals surface area contributed by atoms with E-state index >= 15 is 0 Å². The van der Waals surface area contributed by atoms with E-state index < -0.39 is 11.6 Å². The maximum absolute atomic E-state index is 14.4.